The maximum atomic E-state index is 12.1. The maximum Gasteiger partial charge on any atom is 0.263 e. The van der Waals surface area contributed by atoms with Crippen LogP contribution in [0.3, 0.4) is 0 Å². The average molecular weight is 339 g/mol. The number of hydrogen-bond acceptors (Lipinski definition) is 5. The molecule has 96 valence electrons. The maximum absolute atomic E-state index is 12.1. The minimum absolute atomic E-state index is 0.0183. The molecule has 19 heavy (non-hydrogen) atoms. The SMILES string of the molecule is N#Cc1ccc(S(=O)(=O)Nc2ccncc2Br)cn1. The Hall–Kier alpha value is -1.98. The molecule has 0 fully saturated rings. The van der Waals surface area contributed by atoms with Gasteiger partial charge in [-0.3, -0.25) is 9.71 Å². The van der Waals surface area contributed by atoms with Crippen molar-refractivity contribution in [3.8, 4) is 6.07 Å². The van der Waals surface area contributed by atoms with E-state index >= 15 is 0 Å². The molecule has 0 aliphatic carbocycles. The predicted octanol–water partition coefficient (Wildman–Crippen LogP) is 1.91. The van der Waals surface area contributed by atoms with Crippen LogP contribution in [0.5, 0.6) is 0 Å². The number of nitrogens with one attached hydrogen (secondary N) is 1. The number of pyridine rings is 2. The molecule has 1 N–H and O–H groups in total. The minimum Gasteiger partial charge on any atom is -0.278 e. The summed E-state index contributed by atoms with van der Waals surface area (Å²) in [5.41, 5.74) is 0.531. The Morgan fingerprint density at radius 1 is 1.26 bits per heavy atom. The number of nitrogens with zero attached hydrogens (tertiary/aromatic N) is 3. The van der Waals surface area contributed by atoms with Crippen LogP contribution in [-0.2, 0) is 10.0 Å². The van der Waals surface area contributed by atoms with Crippen LogP contribution in [0.4, 0.5) is 5.69 Å². The number of halogens is 1. The molecule has 0 bridgehead atoms. The summed E-state index contributed by atoms with van der Waals surface area (Å²) >= 11 is 3.20. The summed E-state index contributed by atoms with van der Waals surface area (Å²) in [4.78, 5) is 7.55. The fraction of sp³-hybridized carbons (Fsp3) is 0. The summed E-state index contributed by atoms with van der Waals surface area (Å²) in [7, 11) is -3.74. The van der Waals surface area contributed by atoms with Crippen molar-refractivity contribution in [3.05, 3.63) is 47.0 Å². The Balaban J connectivity index is 2.33. The molecule has 0 spiro atoms. The lowest BCUT2D eigenvalue weighted by atomic mass is 10.4. The fourth-order valence-electron chi connectivity index (χ4n) is 1.27. The first-order valence-corrected chi connectivity index (χ1v) is 7.29. The van der Waals surface area contributed by atoms with Gasteiger partial charge in [-0.25, -0.2) is 13.4 Å². The van der Waals surface area contributed by atoms with Crippen molar-refractivity contribution in [2.75, 3.05) is 4.72 Å². The van der Waals surface area contributed by atoms with Gasteiger partial charge in [0.25, 0.3) is 10.0 Å². The van der Waals surface area contributed by atoms with Crippen LogP contribution in [0.15, 0.2) is 46.2 Å². The van der Waals surface area contributed by atoms with Gasteiger partial charge in [-0.1, -0.05) is 0 Å². The number of nitriles is 1. The van der Waals surface area contributed by atoms with Gasteiger partial charge in [0.15, 0.2) is 0 Å². The molecule has 2 aromatic heterocycles. The van der Waals surface area contributed by atoms with E-state index in [-0.39, 0.29) is 10.6 Å². The highest BCUT2D eigenvalue weighted by molar-refractivity contribution is 9.10. The molecular weight excluding hydrogens is 332 g/mol. The lowest BCUT2D eigenvalue weighted by molar-refractivity contribution is 0.600. The second kappa shape index (κ2) is 5.34. The molecule has 2 heterocycles. The van der Waals surface area contributed by atoms with Gasteiger partial charge in [0.05, 0.1) is 10.2 Å². The van der Waals surface area contributed by atoms with E-state index in [1.807, 2.05) is 6.07 Å². The number of anilines is 1. The van der Waals surface area contributed by atoms with Gasteiger partial charge in [-0.05, 0) is 34.1 Å². The zero-order valence-electron chi connectivity index (χ0n) is 9.41. The van der Waals surface area contributed by atoms with Crippen LogP contribution in [0, 0.1) is 11.3 Å². The number of aromatic nitrogens is 2. The van der Waals surface area contributed by atoms with Gasteiger partial charge < -0.3 is 0 Å². The Morgan fingerprint density at radius 3 is 2.63 bits per heavy atom. The summed E-state index contributed by atoms with van der Waals surface area (Å²) in [5, 5.41) is 8.61. The largest absolute Gasteiger partial charge is 0.278 e. The minimum atomic E-state index is -3.74. The first-order valence-electron chi connectivity index (χ1n) is 5.01. The van der Waals surface area contributed by atoms with E-state index in [0.29, 0.717) is 10.2 Å². The summed E-state index contributed by atoms with van der Waals surface area (Å²) in [6.45, 7) is 0. The van der Waals surface area contributed by atoms with Crippen LogP contribution in [0.2, 0.25) is 0 Å². The standard InChI is InChI=1S/C11H7BrN4O2S/c12-10-7-14-4-3-11(10)16-19(17,18)9-2-1-8(5-13)15-6-9/h1-4,6-7H,(H,14,16). The van der Waals surface area contributed by atoms with Crippen molar-refractivity contribution >= 4 is 31.6 Å². The van der Waals surface area contributed by atoms with Crippen LogP contribution in [-0.4, -0.2) is 18.4 Å². The Morgan fingerprint density at radius 2 is 2.05 bits per heavy atom. The second-order valence-corrected chi connectivity index (χ2v) is 5.99. The predicted molar refractivity (Wildman–Crippen MR) is 71.7 cm³/mol. The third-order valence-electron chi connectivity index (χ3n) is 2.18. The lowest BCUT2D eigenvalue weighted by Crippen LogP contribution is -2.13. The molecule has 0 radical (unpaired) electrons. The molecule has 0 atom stereocenters. The van der Waals surface area contributed by atoms with E-state index in [4.69, 9.17) is 5.26 Å². The van der Waals surface area contributed by atoms with Crippen LogP contribution in [0.1, 0.15) is 5.69 Å². The topological polar surface area (TPSA) is 95.7 Å². The van der Waals surface area contributed by atoms with E-state index in [1.54, 1.807) is 0 Å². The molecule has 0 amide bonds. The highest BCUT2D eigenvalue weighted by atomic mass is 79.9. The molecule has 2 aromatic rings. The van der Waals surface area contributed by atoms with Gasteiger partial charge in [0.2, 0.25) is 0 Å². The monoisotopic (exact) mass is 338 g/mol. The molecule has 2 rings (SSSR count). The number of sulfonamides is 1. The van der Waals surface area contributed by atoms with Crippen molar-refractivity contribution in [2.24, 2.45) is 0 Å². The van der Waals surface area contributed by atoms with E-state index in [2.05, 4.69) is 30.6 Å². The van der Waals surface area contributed by atoms with E-state index in [1.165, 1.54) is 30.6 Å². The molecule has 8 heteroatoms. The van der Waals surface area contributed by atoms with Crippen LogP contribution < -0.4 is 4.72 Å². The van der Waals surface area contributed by atoms with Crippen molar-refractivity contribution < 1.29 is 8.42 Å². The summed E-state index contributed by atoms with van der Waals surface area (Å²) in [6.07, 6.45) is 4.09. The quantitative estimate of drug-likeness (QED) is 0.922. The normalized spacial score (nSPS) is 10.7. The summed E-state index contributed by atoms with van der Waals surface area (Å²) in [5.74, 6) is 0. The van der Waals surface area contributed by atoms with Crippen molar-refractivity contribution in [3.63, 3.8) is 0 Å². The molecule has 0 aromatic carbocycles. The zero-order valence-corrected chi connectivity index (χ0v) is 11.8. The molecule has 6 nitrogen and oxygen atoms in total. The zero-order chi connectivity index (χ0) is 13.9. The van der Waals surface area contributed by atoms with Crippen LogP contribution >= 0.6 is 15.9 Å². The second-order valence-electron chi connectivity index (χ2n) is 3.45. The van der Waals surface area contributed by atoms with Crippen molar-refractivity contribution in [1.82, 2.24) is 9.97 Å². The van der Waals surface area contributed by atoms with Gasteiger partial charge in [0, 0.05) is 18.6 Å². The molecule has 0 saturated carbocycles. The smallest absolute Gasteiger partial charge is 0.263 e. The fourth-order valence-corrected chi connectivity index (χ4v) is 2.77. The highest BCUT2D eigenvalue weighted by Gasteiger charge is 2.16. The third kappa shape index (κ3) is 3.07. The first-order chi connectivity index (χ1) is 9.03. The number of hydrogen-bond donors (Lipinski definition) is 1. The summed E-state index contributed by atoms with van der Waals surface area (Å²) < 4.78 is 27.1. The number of rotatable bonds is 3. The molecule has 0 unspecified atom stereocenters. The van der Waals surface area contributed by atoms with Crippen molar-refractivity contribution in [2.45, 2.75) is 4.90 Å². The van der Waals surface area contributed by atoms with Crippen LogP contribution in [0.25, 0.3) is 0 Å². The van der Waals surface area contributed by atoms with E-state index in [0.717, 1.165) is 6.20 Å². The molecule has 0 saturated heterocycles. The van der Waals surface area contributed by atoms with E-state index < -0.39 is 10.0 Å². The molecular formula is C11H7BrN4O2S. The Bertz CT molecular complexity index is 738. The third-order valence-corrected chi connectivity index (χ3v) is 4.16. The average Bonchev–Trinajstić information content (AvgIpc) is 2.41. The highest BCUT2D eigenvalue weighted by Crippen LogP contribution is 2.23. The van der Waals surface area contributed by atoms with Gasteiger partial charge in [0.1, 0.15) is 16.7 Å². The van der Waals surface area contributed by atoms with E-state index in [9.17, 15) is 8.42 Å². The van der Waals surface area contributed by atoms with Gasteiger partial charge in [-0.15, -0.1) is 0 Å². The van der Waals surface area contributed by atoms with Crippen molar-refractivity contribution in [1.29, 1.82) is 5.26 Å². The molecule has 0 aliphatic heterocycles. The Kier molecular flexibility index (Phi) is 3.78. The molecule has 0 aliphatic rings. The lowest BCUT2D eigenvalue weighted by Gasteiger charge is -2.08. The van der Waals surface area contributed by atoms with Gasteiger partial charge >= 0.3 is 0 Å². The van der Waals surface area contributed by atoms with Gasteiger partial charge in [-0.2, -0.15) is 5.26 Å². The Labute approximate surface area is 118 Å². The summed E-state index contributed by atoms with van der Waals surface area (Å²) in [6, 6.07) is 6.01. The first kappa shape index (κ1) is 13.5.